The zero-order valence-electron chi connectivity index (χ0n) is 18.4. The Morgan fingerprint density at radius 1 is 0.917 bits per heavy atom. The zero-order chi connectivity index (χ0) is 26.0. The van der Waals surface area contributed by atoms with Crippen LogP contribution in [-0.2, 0) is 21.5 Å². The second-order valence-electron chi connectivity index (χ2n) is 7.41. The zero-order valence-corrected chi connectivity index (χ0v) is 22.3. The molecule has 1 aliphatic rings. The van der Waals surface area contributed by atoms with E-state index < -0.39 is 21.3 Å². The molecule has 0 spiro atoms. The predicted molar refractivity (Wildman–Crippen MR) is 140 cm³/mol. The molecule has 0 radical (unpaired) electrons. The van der Waals surface area contributed by atoms with Gasteiger partial charge in [-0.15, -0.1) is 0 Å². The lowest BCUT2D eigenvalue weighted by molar-refractivity contribution is -0.123. The summed E-state index contributed by atoms with van der Waals surface area (Å²) < 4.78 is 36.0. The number of hydrogen-bond donors (Lipinski definition) is 0. The van der Waals surface area contributed by atoms with Gasteiger partial charge in [-0.05, 0) is 77.5 Å². The highest BCUT2D eigenvalue weighted by molar-refractivity contribution is 8.18. The molecule has 7 nitrogen and oxygen atoms in total. The standard InChI is InChI=1S/C24H16Cl3NO6S2/c1-33-20-9-2-14(10-21(20)34-36(31,32)18-7-5-16(25)6-8-18)11-22-23(29)28(24(30)35-22)13-15-3-4-17(26)12-19(15)27/h2-12H,13H2,1H3/b22-11-. The van der Waals surface area contributed by atoms with Crippen molar-refractivity contribution in [1.29, 1.82) is 0 Å². The molecule has 2 amide bonds. The number of carbonyl (C=O) groups excluding carboxylic acids is 2. The van der Waals surface area contributed by atoms with Gasteiger partial charge in [-0.3, -0.25) is 14.5 Å². The number of thioether (sulfide) groups is 1. The minimum Gasteiger partial charge on any atom is -0.493 e. The van der Waals surface area contributed by atoms with Gasteiger partial charge in [0.25, 0.3) is 11.1 Å². The number of amides is 2. The molecular formula is C24H16Cl3NO6S2. The maximum Gasteiger partial charge on any atom is 0.339 e. The summed E-state index contributed by atoms with van der Waals surface area (Å²) in [5.74, 6) is -0.438. The molecular weight excluding hydrogens is 569 g/mol. The van der Waals surface area contributed by atoms with Crippen LogP contribution >= 0.6 is 46.6 Å². The van der Waals surface area contributed by atoms with E-state index in [0.29, 0.717) is 26.2 Å². The third-order valence-electron chi connectivity index (χ3n) is 5.00. The molecule has 0 atom stereocenters. The van der Waals surface area contributed by atoms with Crippen molar-refractivity contribution >= 4 is 73.9 Å². The quantitative estimate of drug-likeness (QED) is 0.227. The summed E-state index contributed by atoms with van der Waals surface area (Å²) in [5, 5.41) is 0.686. The number of halogens is 3. The van der Waals surface area contributed by atoms with Crippen molar-refractivity contribution in [1.82, 2.24) is 4.90 Å². The summed E-state index contributed by atoms with van der Waals surface area (Å²) >= 11 is 18.7. The van der Waals surface area contributed by atoms with Crippen molar-refractivity contribution in [3.8, 4) is 11.5 Å². The van der Waals surface area contributed by atoms with Crippen LogP contribution < -0.4 is 8.92 Å². The van der Waals surface area contributed by atoms with Gasteiger partial charge in [0.2, 0.25) is 0 Å². The lowest BCUT2D eigenvalue weighted by Crippen LogP contribution is -2.27. The summed E-state index contributed by atoms with van der Waals surface area (Å²) in [5.41, 5.74) is 0.990. The number of benzene rings is 3. The number of imide groups is 1. The van der Waals surface area contributed by atoms with Gasteiger partial charge in [-0.2, -0.15) is 8.42 Å². The van der Waals surface area contributed by atoms with E-state index in [-0.39, 0.29) is 27.8 Å². The first-order valence-electron chi connectivity index (χ1n) is 10.1. The Morgan fingerprint density at radius 2 is 1.61 bits per heavy atom. The van der Waals surface area contributed by atoms with E-state index in [2.05, 4.69) is 0 Å². The van der Waals surface area contributed by atoms with Gasteiger partial charge in [0, 0.05) is 15.1 Å². The fraction of sp³-hybridized carbons (Fsp3) is 0.0833. The third-order valence-corrected chi connectivity index (χ3v) is 8.00. The summed E-state index contributed by atoms with van der Waals surface area (Å²) in [6.07, 6.45) is 1.47. The Balaban J connectivity index is 1.59. The highest BCUT2D eigenvalue weighted by Gasteiger charge is 2.35. The molecule has 36 heavy (non-hydrogen) atoms. The van der Waals surface area contributed by atoms with Crippen LogP contribution in [-0.4, -0.2) is 31.6 Å². The topological polar surface area (TPSA) is 90.0 Å². The second-order valence-corrected chi connectivity index (χ2v) is 11.2. The summed E-state index contributed by atoms with van der Waals surface area (Å²) in [4.78, 5) is 26.6. The summed E-state index contributed by atoms with van der Waals surface area (Å²) in [6.45, 7) is -0.0195. The van der Waals surface area contributed by atoms with Crippen LogP contribution in [0.1, 0.15) is 11.1 Å². The molecule has 0 bridgehead atoms. The van der Waals surface area contributed by atoms with Crippen molar-refractivity contribution in [3.05, 3.63) is 91.8 Å². The third kappa shape index (κ3) is 5.82. The molecule has 4 rings (SSSR count). The maximum atomic E-state index is 12.9. The molecule has 0 aromatic heterocycles. The van der Waals surface area contributed by atoms with Gasteiger partial charge in [-0.25, -0.2) is 0 Å². The normalized spacial score (nSPS) is 15.0. The van der Waals surface area contributed by atoms with Crippen molar-refractivity contribution in [2.45, 2.75) is 11.4 Å². The average Bonchev–Trinajstić information content (AvgIpc) is 3.08. The molecule has 0 saturated carbocycles. The Morgan fingerprint density at radius 3 is 2.28 bits per heavy atom. The first kappa shape index (κ1) is 26.4. The van der Waals surface area contributed by atoms with E-state index in [9.17, 15) is 18.0 Å². The lowest BCUT2D eigenvalue weighted by atomic mass is 10.1. The molecule has 1 aliphatic heterocycles. The van der Waals surface area contributed by atoms with Crippen LogP contribution in [0, 0.1) is 0 Å². The number of rotatable bonds is 7. The fourth-order valence-corrected chi connectivity index (χ4v) is 5.59. The van der Waals surface area contributed by atoms with Gasteiger partial charge in [-0.1, -0.05) is 46.9 Å². The van der Waals surface area contributed by atoms with Crippen molar-refractivity contribution in [2.75, 3.05) is 7.11 Å². The largest absolute Gasteiger partial charge is 0.493 e. The summed E-state index contributed by atoms with van der Waals surface area (Å²) in [7, 11) is -2.83. The van der Waals surface area contributed by atoms with Gasteiger partial charge in [0.15, 0.2) is 11.5 Å². The van der Waals surface area contributed by atoms with Crippen molar-refractivity contribution in [2.24, 2.45) is 0 Å². The number of hydrogen-bond acceptors (Lipinski definition) is 7. The average molecular weight is 585 g/mol. The van der Waals surface area contributed by atoms with Crippen LogP contribution in [0.25, 0.3) is 6.08 Å². The fourth-order valence-electron chi connectivity index (χ4n) is 3.22. The molecule has 0 unspecified atom stereocenters. The number of carbonyl (C=O) groups is 2. The van der Waals surface area contributed by atoms with Gasteiger partial charge < -0.3 is 8.92 Å². The number of ether oxygens (including phenoxy) is 1. The van der Waals surface area contributed by atoms with Crippen LogP contribution in [0.15, 0.2) is 70.5 Å². The Labute approximate surface area is 226 Å². The van der Waals surface area contributed by atoms with E-state index in [0.717, 1.165) is 16.7 Å². The van der Waals surface area contributed by atoms with Crippen LogP contribution in [0.4, 0.5) is 4.79 Å². The van der Waals surface area contributed by atoms with Crippen molar-refractivity contribution < 1.29 is 26.9 Å². The first-order chi connectivity index (χ1) is 17.1. The van der Waals surface area contributed by atoms with E-state index in [1.165, 1.54) is 55.7 Å². The van der Waals surface area contributed by atoms with Crippen LogP contribution in [0.2, 0.25) is 15.1 Å². The predicted octanol–water partition coefficient (Wildman–Crippen LogP) is 6.66. The van der Waals surface area contributed by atoms with Crippen LogP contribution in [0.3, 0.4) is 0 Å². The molecule has 1 heterocycles. The van der Waals surface area contributed by atoms with E-state index >= 15 is 0 Å². The molecule has 1 fully saturated rings. The molecule has 3 aromatic carbocycles. The van der Waals surface area contributed by atoms with E-state index in [1.54, 1.807) is 18.2 Å². The first-order valence-corrected chi connectivity index (χ1v) is 13.5. The van der Waals surface area contributed by atoms with Gasteiger partial charge >= 0.3 is 10.1 Å². The summed E-state index contributed by atoms with van der Waals surface area (Å²) in [6, 6.07) is 14.8. The monoisotopic (exact) mass is 583 g/mol. The molecule has 0 aliphatic carbocycles. The number of methoxy groups -OCH3 is 1. The van der Waals surface area contributed by atoms with Gasteiger partial charge in [0.1, 0.15) is 4.90 Å². The smallest absolute Gasteiger partial charge is 0.339 e. The van der Waals surface area contributed by atoms with Crippen molar-refractivity contribution in [3.63, 3.8) is 0 Å². The van der Waals surface area contributed by atoms with Crippen LogP contribution in [0.5, 0.6) is 11.5 Å². The Kier molecular flexibility index (Phi) is 7.87. The molecule has 186 valence electrons. The highest BCUT2D eigenvalue weighted by Crippen LogP contribution is 2.37. The van der Waals surface area contributed by atoms with E-state index in [1.807, 2.05) is 0 Å². The minimum atomic E-state index is -4.19. The van der Waals surface area contributed by atoms with E-state index in [4.69, 9.17) is 43.7 Å². The maximum absolute atomic E-state index is 12.9. The SMILES string of the molecule is COc1ccc(/C=C2\SC(=O)N(Cc3ccc(Cl)cc3Cl)C2=O)cc1OS(=O)(=O)c1ccc(Cl)cc1. The van der Waals surface area contributed by atoms with Gasteiger partial charge in [0.05, 0.1) is 18.6 Å². The second kappa shape index (κ2) is 10.7. The molecule has 3 aromatic rings. The lowest BCUT2D eigenvalue weighted by Gasteiger charge is -2.14. The number of nitrogens with zero attached hydrogens (tertiary/aromatic N) is 1. The molecule has 12 heteroatoms. The molecule has 0 N–H and O–H groups in total. The minimum absolute atomic E-state index is 0.0195. The highest BCUT2D eigenvalue weighted by atomic mass is 35.5. The Hall–Kier alpha value is -2.69. The Bertz CT molecular complexity index is 1490. The molecule has 1 saturated heterocycles.